The Morgan fingerprint density at radius 1 is 1.16 bits per heavy atom. The summed E-state index contributed by atoms with van der Waals surface area (Å²) in [5.41, 5.74) is 3.51. The molecular formula is C21H24N2O2. The summed E-state index contributed by atoms with van der Waals surface area (Å²) in [5, 5.41) is 0. The minimum atomic E-state index is 0.201. The van der Waals surface area contributed by atoms with Crippen LogP contribution in [0.1, 0.15) is 24.0 Å². The van der Waals surface area contributed by atoms with E-state index in [1.807, 2.05) is 35.2 Å². The van der Waals surface area contributed by atoms with Crippen LogP contribution in [0.4, 0.5) is 5.69 Å². The molecule has 130 valence electrons. The molecule has 1 aliphatic heterocycles. The van der Waals surface area contributed by atoms with Gasteiger partial charge in [-0.1, -0.05) is 36.4 Å². The van der Waals surface area contributed by atoms with Crippen LogP contribution >= 0.6 is 0 Å². The van der Waals surface area contributed by atoms with Gasteiger partial charge >= 0.3 is 0 Å². The normalized spacial score (nSPS) is 16.2. The largest absolute Gasteiger partial charge is 0.496 e. The SMILES string of the molecule is COc1ccccc1CN(CC(=O)N1CCc2ccccc21)C1CC1. The highest BCUT2D eigenvalue weighted by molar-refractivity contribution is 5.96. The third-order valence-corrected chi connectivity index (χ3v) is 5.16. The predicted octanol–water partition coefficient (Wildman–Crippen LogP) is 3.25. The first kappa shape index (κ1) is 16.2. The first-order valence-corrected chi connectivity index (χ1v) is 9.00. The number of anilines is 1. The number of amides is 1. The summed E-state index contributed by atoms with van der Waals surface area (Å²) in [4.78, 5) is 17.2. The minimum Gasteiger partial charge on any atom is -0.496 e. The van der Waals surface area contributed by atoms with Crippen LogP contribution in [0.5, 0.6) is 5.75 Å². The predicted molar refractivity (Wildman–Crippen MR) is 98.9 cm³/mol. The average Bonchev–Trinajstić information content (AvgIpc) is 3.40. The number of rotatable bonds is 6. The van der Waals surface area contributed by atoms with Crippen molar-refractivity contribution in [1.82, 2.24) is 4.90 Å². The monoisotopic (exact) mass is 336 g/mol. The van der Waals surface area contributed by atoms with E-state index in [1.165, 1.54) is 18.4 Å². The fourth-order valence-electron chi connectivity index (χ4n) is 3.66. The van der Waals surface area contributed by atoms with Gasteiger partial charge in [0.05, 0.1) is 13.7 Å². The maximum absolute atomic E-state index is 12.9. The highest BCUT2D eigenvalue weighted by atomic mass is 16.5. The van der Waals surface area contributed by atoms with Gasteiger partial charge in [-0.05, 0) is 37.0 Å². The summed E-state index contributed by atoms with van der Waals surface area (Å²) in [6, 6.07) is 16.8. The average molecular weight is 336 g/mol. The number of nitrogens with zero attached hydrogens (tertiary/aromatic N) is 2. The van der Waals surface area contributed by atoms with Crippen LogP contribution in [0.3, 0.4) is 0 Å². The smallest absolute Gasteiger partial charge is 0.241 e. The van der Waals surface area contributed by atoms with Gasteiger partial charge in [-0.25, -0.2) is 0 Å². The summed E-state index contributed by atoms with van der Waals surface area (Å²) in [5.74, 6) is 1.10. The number of para-hydroxylation sites is 2. The third-order valence-electron chi connectivity index (χ3n) is 5.16. The van der Waals surface area contributed by atoms with Gasteiger partial charge in [-0.15, -0.1) is 0 Å². The van der Waals surface area contributed by atoms with Gasteiger partial charge in [0, 0.05) is 30.4 Å². The lowest BCUT2D eigenvalue weighted by atomic mass is 10.1. The van der Waals surface area contributed by atoms with Crippen LogP contribution in [0.15, 0.2) is 48.5 Å². The molecule has 1 heterocycles. The molecule has 25 heavy (non-hydrogen) atoms. The second kappa shape index (κ2) is 6.89. The van der Waals surface area contributed by atoms with Crippen LogP contribution in [0.25, 0.3) is 0 Å². The Labute approximate surface area is 149 Å². The van der Waals surface area contributed by atoms with Crippen molar-refractivity contribution < 1.29 is 9.53 Å². The molecule has 0 spiro atoms. The molecule has 1 aliphatic carbocycles. The number of benzene rings is 2. The number of hydrogen-bond acceptors (Lipinski definition) is 3. The van der Waals surface area contributed by atoms with Gasteiger partial charge < -0.3 is 9.64 Å². The number of ether oxygens (including phenoxy) is 1. The molecule has 4 heteroatoms. The Bertz CT molecular complexity index is 770. The molecule has 1 saturated carbocycles. The van der Waals surface area contributed by atoms with Gasteiger partial charge in [0.15, 0.2) is 0 Å². The Hall–Kier alpha value is -2.33. The Morgan fingerprint density at radius 3 is 2.72 bits per heavy atom. The third kappa shape index (κ3) is 3.40. The lowest BCUT2D eigenvalue weighted by Crippen LogP contribution is -2.40. The number of methoxy groups -OCH3 is 1. The van der Waals surface area contributed by atoms with Gasteiger partial charge in [0.1, 0.15) is 5.75 Å². The zero-order chi connectivity index (χ0) is 17.2. The van der Waals surface area contributed by atoms with E-state index in [-0.39, 0.29) is 5.91 Å². The molecule has 0 N–H and O–H groups in total. The first-order chi connectivity index (χ1) is 12.3. The van der Waals surface area contributed by atoms with E-state index in [4.69, 9.17) is 4.74 Å². The van der Waals surface area contributed by atoms with E-state index < -0.39 is 0 Å². The fourth-order valence-corrected chi connectivity index (χ4v) is 3.66. The molecule has 0 aromatic heterocycles. The van der Waals surface area contributed by atoms with Crippen molar-refractivity contribution in [1.29, 1.82) is 0 Å². The lowest BCUT2D eigenvalue weighted by Gasteiger charge is -2.26. The summed E-state index contributed by atoms with van der Waals surface area (Å²) in [7, 11) is 1.70. The first-order valence-electron chi connectivity index (χ1n) is 9.00. The zero-order valence-electron chi connectivity index (χ0n) is 14.6. The van der Waals surface area contributed by atoms with Crippen molar-refractivity contribution in [3.8, 4) is 5.75 Å². The second-order valence-electron chi connectivity index (χ2n) is 6.87. The number of fused-ring (bicyclic) bond motifs is 1. The fraction of sp³-hybridized carbons (Fsp3) is 0.381. The van der Waals surface area contributed by atoms with Crippen LogP contribution in [-0.2, 0) is 17.8 Å². The van der Waals surface area contributed by atoms with E-state index in [1.54, 1.807) is 7.11 Å². The summed E-state index contributed by atoms with van der Waals surface area (Å²) in [6.45, 7) is 2.03. The number of carbonyl (C=O) groups is 1. The van der Waals surface area contributed by atoms with Gasteiger partial charge in [0.2, 0.25) is 5.91 Å². The molecule has 2 aromatic rings. The van der Waals surface area contributed by atoms with Crippen LogP contribution in [-0.4, -0.2) is 37.0 Å². The number of carbonyl (C=O) groups excluding carboxylic acids is 1. The standard InChI is InChI=1S/C21H24N2O2/c1-25-20-9-5-3-7-17(20)14-22(18-10-11-18)15-21(24)23-13-12-16-6-2-4-8-19(16)23/h2-9,18H,10-15H2,1H3. The van der Waals surface area contributed by atoms with Gasteiger partial charge in [0.25, 0.3) is 0 Å². The van der Waals surface area contributed by atoms with E-state index >= 15 is 0 Å². The highest BCUT2D eigenvalue weighted by Crippen LogP contribution is 2.32. The molecule has 1 amide bonds. The van der Waals surface area contributed by atoms with E-state index in [0.717, 1.165) is 36.5 Å². The lowest BCUT2D eigenvalue weighted by molar-refractivity contribution is -0.119. The summed E-state index contributed by atoms with van der Waals surface area (Å²) >= 11 is 0. The Balaban J connectivity index is 1.48. The molecule has 1 fully saturated rings. The zero-order valence-corrected chi connectivity index (χ0v) is 14.6. The van der Waals surface area contributed by atoms with E-state index in [2.05, 4.69) is 23.1 Å². The van der Waals surface area contributed by atoms with Gasteiger partial charge in [-0.2, -0.15) is 0 Å². The van der Waals surface area contributed by atoms with Crippen molar-refractivity contribution in [3.63, 3.8) is 0 Å². The number of hydrogen-bond donors (Lipinski definition) is 0. The van der Waals surface area contributed by atoms with Crippen molar-refractivity contribution in [2.45, 2.75) is 31.8 Å². The molecule has 0 bridgehead atoms. The van der Waals surface area contributed by atoms with Crippen LogP contribution in [0.2, 0.25) is 0 Å². The van der Waals surface area contributed by atoms with Crippen LogP contribution < -0.4 is 9.64 Å². The molecule has 0 saturated heterocycles. The van der Waals surface area contributed by atoms with Gasteiger partial charge in [-0.3, -0.25) is 9.69 Å². The maximum Gasteiger partial charge on any atom is 0.241 e. The highest BCUT2D eigenvalue weighted by Gasteiger charge is 2.33. The maximum atomic E-state index is 12.9. The summed E-state index contributed by atoms with van der Waals surface area (Å²) < 4.78 is 5.48. The van der Waals surface area contributed by atoms with E-state index in [0.29, 0.717) is 12.6 Å². The second-order valence-corrected chi connectivity index (χ2v) is 6.87. The van der Waals surface area contributed by atoms with Crippen molar-refractivity contribution >= 4 is 11.6 Å². The van der Waals surface area contributed by atoms with Crippen molar-refractivity contribution in [2.24, 2.45) is 0 Å². The molecule has 2 aromatic carbocycles. The van der Waals surface area contributed by atoms with Crippen molar-refractivity contribution in [3.05, 3.63) is 59.7 Å². The Kier molecular flexibility index (Phi) is 4.45. The van der Waals surface area contributed by atoms with E-state index in [9.17, 15) is 4.79 Å². The van der Waals surface area contributed by atoms with Crippen LogP contribution in [0, 0.1) is 0 Å². The summed E-state index contributed by atoms with van der Waals surface area (Å²) in [6.07, 6.45) is 3.32. The Morgan fingerprint density at radius 2 is 1.92 bits per heavy atom. The molecular weight excluding hydrogens is 312 g/mol. The minimum absolute atomic E-state index is 0.201. The van der Waals surface area contributed by atoms with Crippen molar-refractivity contribution in [2.75, 3.05) is 25.1 Å². The molecule has 2 aliphatic rings. The topological polar surface area (TPSA) is 32.8 Å². The molecule has 0 radical (unpaired) electrons. The molecule has 0 atom stereocenters. The molecule has 4 nitrogen and oxygen atoms in total. The molecule has 4 rings (SSSR count). The quantitative estimate of drug-likeness (QED) is 0.812. The molecule has 0 unspecified atom stereocenters.